The van der Waals surface area contributed by atoms with E-state index in [0.29, 0.717) is 6.07 Å². The van der Waals surface area contributed by atoms with E-state index in [9.17, 15) is 26.0 Å². The molecule has 1 aromatic carbocycles. The van der Waals surface area contributed by atoms with Gasteiger partial charge in [0.05, 0.1) is 11.1 Å². The molecular formula is C9H8BrF4NO4S. The average Bonchev–Trinajstić information content (AvgIpc) is 2.25. The van der Waals surface area contributed by atoms with Gasteiger partial charge in [-0.2, -0.15) is 0 Å². The third-order valence-corrected chi connectivity index (χ3v) is 3.45. The van der Waals surface area contributed by atoms with Crippen molar-refractivity contribution in [2.75, 3.05) is 13.2 Å². The van der Waals surface area contributed by atoms with Crippen LogP contribution in [0.15, 0.2) is 21.5 Å². The lowest BCUT2D eigenvalue weighted by Crippen LogP contribution is -2.18. The van der Waals surface area contributed by atoms with Crippen molar-refractivity contribution in [1.29, 1.82) is 0 Å². The summed E-state index contributed by atoms with van der Waals surface area (Å²) in [6.45, 7) is -1.30. The molecule has 0 amide bonds. The van der Waals surface area contributed by atoms with Gasteiger partial charge in [0.1, 0.15) is 23.1 Å². The highest BCUT2D eigenvalue weighted by atomic mass is 79.9. The van der Waals surface area contributed by atoms with Crippen LogP contribution >= 0.6 is 15.9 Å². The van der Waals surface area contributed by atoms with Gasteiger partial charge in [0, 0.05) is 6.07 Å². The van der Waals surface area contributed by atoms with E-state index < -0.39 is 40.3 Å². The summed E-state index contributed by atoms with van der Waals surface area (Å²) in [7, 11) is -4.25. The largest absolute Gasteiger partial charge is 0.522 e. The third-order valence-electron chi connectivity index (χ3n) is 1.90. The smallest absolute Gasteiger partial charge is 0.490 e. The van der Waals surface area contributed by atoms with Crippen molar-refractivity contribution in [1.82, 2.24) is 0 Å². The molecule has 0 bridgehead atoms. The normalized spacial score (nSPS) is 12.5. The number of primary sulfonamides is 1. The zero-order chi connectivity index (χ0) is 15.6. The van der Waals surface area contributed by atoms with Crippen molar-refractivity contribution >= 4 is 26.0 Å². The summed E-state index contributed by atoms with van der Waals surface area (Å²) in [5, 5.41) is 4.77. The SMILES string of the molecule is NS(=O)(=O)c1cc(Br)c(OCCOC(F)(F)F)cc1F. The summed E-state index contributed by atoms with van der Waals surface area (Å²) in [6.07, 6.45) is -4.79. The van der Waals surface area contributed by atoms with Crippen LogP contribution in [0, 0.1) is 5.82 Å². The van der Waals surface area contributed by atoms with Crippen molar-refractivity contribution in [3.8, 4) is 5.75 Å². The minimum absolute atomic E-state index is 0.0231. The van der Waals surface area contributed by atoms with E-state index in [2.05, 4.69) is 20.7 Å². The Labute approximate surface area is 119 Å². The van der Waals surface area contributed by atoms with Crippen molar-refractivity contribution in [2.45, 2.75) is 11.3 Å². The van der Waals surface area contributed by atoms with Gasteiger partial charge in [0.2, 0.25) is 10.0 Å². The lowest BCUT2D eigenvalue weighted by molar-refractivity contribution is -0.325. The number of benzene rings is 1. The Bertz CT molecular complexity index is 590. The summed E-state index contributed by atoms with van der Waals surface area (Å²) in [5.41, 5.74) is 0. The Balaban J connectivity index is 2.76. The van der Waals surface area contributed by atoms with E-state index >= 15 is 0 Å². The fourth-order valence-corrected chi connectivity index (χ4v) is 2.37. The molecule has 1 rings (SSSR count). The Hall–Kier alpha value is -0.910. The van der Waals surface area contributed by atoms with E-state index in [0.717, 1.165) is 6.07 Å². The number of sulfonamides is 1. The van der Waals surface area contributed by atoms with Crippen LogP contribution in [0.25, 0.3) is 0 Å². The molecule has 0 aliphatic heterocycles. The second-order valence-corrected chi connectivity index (χ2v) is 5.78. The molecule has 0 aliphatic rings. The van der Waals surface area contributed by atoms with Crippen LogP contribution in [-0.4, -0.2) is 28.0 Å². The second kappa shape index (κ2) is 6.24. The summed E-state index contributed by atoms with van der Waals surface area (Å²) >= 11 is 2.89. The molecular weight excluding hydrogens is 374 g/mol. The fourth-order valence-electron chi connectivity index (χ4n) is 1.15. The summed E-state index contributed by atoms with van der Waals surface area (Å²) in [6, 6.07) is 1.54. The average molecular weight is 382 g/mol. The van der Waals surface area contributed by atoms with Gasteiger partial charge in [0.25, 0.3) is 0 Å². The highest BCUT2D eigenvalue weighted by Crippen LogP contribution is 2.30. The third kappa shape index (κ3) is 5.23. The van der Waals surface area contributed by atoms with E-state index in [-0.39, 0.29) is 10.2 Å². The quantitative estimate of drug-likeness (QED) is 0.626. The first-order valence-electron chi connectivity index (χ1n) is 4.86. The van der Waals surface area contributed by atoms with Crippen LogP contribution in [0.1, 0.15) is 0 Å². The molecule has 0 saturated heterocycles. The molecule has 0 fully saturated rings. The molecule has 2 N–H and O–H groups in total. The van der Waals surface area contributed by atoms with E-state index in [4.69, 9.17) is 9.88 Å². The van der Waals surface area contributed by atoms with Gasteiger partial charge >= 0.3 is 6.36 Å². The highest BCUT2D eigenvalue weighted by Gasteiger charge is 2.28. The number of hydrogen-bond acceptors (Lipinski definition) is 4. The summed E-state index contributed by atoms with van der Waals surface area (Å²) in [4.78, 5) is -0.761. The Morgan fingerprint density at radius 2 is 1.85 bits per heavy atom. The molecule has 0 radical (unpaired) electrons. The van der Waals surface area contributed by atoms with Gasteiger partial charge in [-0.15, -0.1) is 13.2 Å². The Morgan fingerprint density at radius 1 is 1.25 bits per heavy atom. The van der Waals surface area contributed by atoms with Crippen LogP contribution in [0.3, 0.4) is 0 Å². The molecule has 1 aromatic rings. The minimum atomic E-state index is -4.79. The van der Waals surface area contributed by atoms with Gasteiger partial charge in [-0.3, -0.25) is 4.74 Å². The number of halogens is 5. The number of nitrogens with two attached hydrogens (primary N) is 1. The zero-order valence-electron chi connectivity index (χ0n) is 9.58. The van der Waals surface area contributed by atoms with Gasteiger partial charge in [-0.1, -0.05) is 0 Å². The predicted molar refractivity (Wildman–Crippen MR) is 63.0 cm³/mol. The topological polar surface area (TPSA) is 78.6 Å². The standard InChI is InChI=1S/C9H8BrF4NO4S/c10-5-3-8(20(15,16)17)6(11)4-7(5)18-1-2-19-9(12,13)14/h3-4H,1-2H2,(H2,15,16,17). The van der Waals surface area contributed by atoms with Crippen LogP contribution in [0.5, 0.6) is 5.75 Å². The van der Waals surface area contributed by atoms with Gasteiger partial charge in [-0.05, 0) is 22.0 Å². The first kappa shape index (κ1) is 17.1. The number of hydrogen-bond donors (Lipinski definition) is 1. The van der Waals surface area contributed by atoms with Crippen LogP contribution < -0.4 is 9.88 Å². The molecule has 5 nitrogen and oxygen atoms in total. The van der Waals surface area contributed by atoms with E-state index in [1.807, 2.05) is 0 Å². The number of rotatable bonds is 5. The van der Waals surface area contributed by atoms with Gasteiger partial charge in [0.15, 0.2) is 0 Å². The summed E-state index contributed by atoms with van der Waals surface area (Å²) < 4.78 is 78.8. The van der Waals surface area contributed by atoms with Crippen molar-refractivity contribution in [3.05, 3.63) is 22.4 Å². The van der Waals surface area contributed by atoms with Crippen molar-refractivity contribution < 1.29 is 35.5 Å². The molecule has 0 unspecified atom stereocenters. The molecule has 20 heavy (non-hydrogen) atoms. The first-order chi connectivity index (χ1) is 9.00. The van der Waals surface area contributed by atoms with Crippen LogP contribution in [-0.2, 0) is 14.8 Å². The monoisotopic (exact) mass is 381 g/mol. The number of alkyl halides is 3. The molecule has 0 spiro atoms. The highest BCUT2D eigenvalue weighted by molar-refractivity contribution is 9.10. The molecule has 114 valence electrons. The Morgan fingerprint density at radius 3 is 2.35 bits per heavy atom. The first-order valence-corrected chi connectivity index (χ1v) is 7.20. The lowest BCUT2D eigenvalue weighted by Gasteiger charge is -2.11. The van der Waals surface area contributed by atoms with Crippen LogP contribution in [0.2, 0.25) is 0 Å². The maximum absolute atomic E-state index is 13.5. The molecule has 0 atom stereocenters. The lowest BCUT2D eigenvalue weighted by atomic mass is 10.3. The maximum Gasteiger partial charge on any atom is 0.522 e. The minimum Gasteiger partial charge on any atom is -0.490 e. The molecule has 0 aromatic heterocycles. The number of ether oxygens (including phenoxy) is 2. The predicted octanol–water partition coefficient (Wildman–Crippen LogP) is 2.15. The molecule has 0 saturated carbocycles. The summed E-state index contributed by atoms with van der Waals surface area (Å²) in [5.74, 6) is -1.36. The van der Waals surface area contributed by atoms with E-state index in [1.54, 1.807) is 0 Å². The van der Waals surface area contributed by atoms with E-state index in [1.165, 1.54) is 0 Å². The van der Waals surface area contributed by atoms with Gasteiger partial charge in [-0.25, -0.2) is 17.9 Å². The molecule has 0 aliphatic carbocycles. The Kier molecular flexibility index (Phi) is 5.35. The van der Waals surface area contributed by atoms with Gasteiger partial charge < -0.3 is 4.74 Å². The second-order valence-electron chi connectivity index (χ2n) is 3.40. The molecule has 11 heteroatoms. The van der Waals surface area contributed by atoms with Crippen molar-refractivity contribution in [3.63, 3.8) is 0 Å². The van der Waals surface area contributed by atoms with Crippen molar-refractivity contribution in [2.24, 2.45) is 5.14 Å². The van der Waals surface area contributed by atoms with Crippen LogP contribution in [0.4, 0.5) is 17.6 Å². The molecule has 0 heterocycles. The zero-order valence-corrected chi connectivity index (χ0v) is 12.0. The maximum atomic E-state index is 13.5. The fraction of sp³-hybridized carbons (Fsp3) is 0.333.